The topological polar surface area (TPSA) is 55.2 Å². The molecule has 1 aromatic carbocycles. The number of amides is 1. The second kappa shape index (κ2) is 8.79. The van der Waals surface area contributed by atoms with Gasteiger partial charge in [0.15, 0.2) is 5.16 Å². The molecular weight excluding hydrogens is 426 g/mol. The van der Waals surface area contributed by atoms with Gasteiger partial charge in [-0.3, -0.25) is 14.2 Å². The van der Waals surface area contributed by atoms with Gasteiger partial charge in [0.25, 0.3) is 5.56 Å². The zero-order valence-electron chi connectivity index (χ0n) is 17.8. The lowest BCUT2D eigenvalue weighted by Gasteiger charge is -2.32. The summed E-state index contributed by atoms with van der Waals surface area (Å²) in [4.78, 5) is 34.6. The number of carbonyl (C=O) groups excluding carboxylic acids is 1. The van der Waals surface area contributed by atoms with Crippen LogP contribution in [0.25, 0.3) is 10.2 Å². The summed E-state index contributed by atoms with van der Waals surface area (Å²) < 4.78 is 1.62. The Balaban J connectivity index is 1.20. The van der Waals surface area contributed by atoms with Crippen molar-refractivity contribution in [3.05, 3.63) is 56.7 Å². The van der Waals surface area contributed by atoms with Crippen molar-refractivity contribution in [2.24, 2.45) is 13.0 Å². The normalized spacial score (nSPS) is 16.7. The fraction of sp³-hybridized carbons (Fsp3) is 0.458. The number of likely N-dealkylation sites (tertiary alicyclic amines) is 1. The monoisotopic (exact) mass is 453 g/mol. The highest BCUT2D eigenvalue weighted by molar-refractivity contribution is 7.99. The molecule has 3 aromatic rings. The molecule has 5 rings (SSSR count). The molecular formula is C24H27N3O2S2. The van der Waals surface area contributed by atoms with Gasteiger partial charge in [0.05, 0.1) is 11.1 Å². The summed E-state index contributed by atoms with van der Waals surface area (Å²) in [5, 5.41) is 1.45. The first-order valence-electron chi connectivity index (χ1n) is 11.1. The zero-order valence-corrected chi connectivity index (χ0v) is 19.4. The lowest BCUT2D eigenvalue weighted by molar-refractivity contribution is -0.129. The van der Waals surface area contributed by atoms with Crippen LogP contribution in [-0.4, -0.2) is 39.2 Å². The van der Waals surface area contributed by atoms with Crippen LogP contribution < -0.4 is 5.56 Å². The number of carbonyl (C=O) groups is 1. The molecule has 1 aliphatic heterocycles. The van der Waals surface area contributed by atoms with E-state index in [-0.39, 0.29) is 11.5 Å². The van der Waals surface area contributed by atoms with E-state index < -0.39 is 0 Å². The van der Waals surface area contributed by atoms with Crippen molar-refractivity contribution < 1.29 is 4.79 Å². The van der Waals surface area contributed by atoms with Gasteiger partial charge in [0.2, 0.25) is 5.91 Å². The van der Waals surface area contributed by atoms with E-state index in [2.05, 4.69) is 30.3 Å². The zero-order chi connectivity index (χ0) is 21.4. The molecule has 0 spiro atoms. The number of benzene rings is 1. The van der Waals surface area contributed by atoms with Gasteiger partial charge in [-0.1, -0.05) is 42.1 Å². The molecule has 0 N–H and O–H groups in total. The van der Waals surface area contributed by atoms with Crippen molar-refractivity contribution >= 4 is 39.2 Å². The molecule has 5 nitrogen and oxygen atoms in total. The average Bonchev–Trinajstić information content (AvgIpc) is 3.37. The lowest BCUT2D eigenvalue weighted by Crippen LogP contribution is -2.40. The van der Waals surface area contributed by atoms with E-state index in [0.29, 0.717) is 16.8 Å². The summed E-state index contributed by atoms with van der Waals surface area (Å²) in [7, 11) is 1.77. The fourth-order valence-corrected chi connectivity index (χ4v) is 6.96. The molecule has 0 atom stereocenters. The van der Waals surface area contributed by atoms with Gasteiger partial charge in [-0.25, -0.2) is 4.98 Å². The molecule has 1 fully saturated rings. The maximum Gasteiger partial charge on any atom is 0.262 e. The Bertz CT molecular complexity index is 1160. The number of aromatic nitrogens is 2. The Morgan fingerprint density at radius 2 is 1.97 bits per heavy atom. The Labute approximate surface area is 190 Å². The minimum absolute atomic E-state index is 0.0288. The highest BCUT2D eigenvalue weighted by Gasteiger charge is 2.25. The Hall–Kier alpha value is -2.12. The van der Waals surface area contributed by atoms with E-state index in [1.807, 2.05) is 4.90 Å². The van der Waals surface area contributed by atoms with Gasteiger partial charge >= 0.3 is 0 Å². The van der Waals surface area contributed by atoms with Crippen molar-refractivity contribution in [3.63, 3.8) is 0 Å². The lowest BCUT2D eigenvalue weighted by atomic mass is 9.90. The van der Waals surface area contributed by atoms with Gasteiger partial charge in [-0.2, -0.15) is 0 Å². The van der Waals surface area contributed by atoms with E-state index in [9.17, 15) is 9.59 Å². The molecule has 0 bridgehead atoms. The summed E-state index contributed by atoms with van der Waals surface area (Å²) >= 11 is 3.04. The molecule has 3 heterocycles. The number of rotatable bonds is 5. The quantitative estimate of drug-likeness (QED) is 0.432. The van der Waals surface area contributed by atoms with Crippen LogP contribution in [-0.2, 0) is 31.1 Å². The number of nitrogens with zero attached hydrogens (tertiary/aromatic N) is 3. The van der Waals surface area contributed by atoms with Gasteiger partial charge in [0, 0.05) is 25.0 Å². The summed E-state index contributed by atoms with van der Waals surface area (Å²) in [6.45, 7) is 1.64. The molecule has 1 saturated heterocycles. The van der Waals surface area contributed by atoms with Crippen molar-refractivity contribution in [1.82, 2.24) is 14.5 Å². The molecule has 0 radical (unpaired) electrons. The van der Waals surface area contributed by atoms with Crippen LogP contribution in [0.3, 0.4) is 0 Å². The van der Waals surface area contributed by atoms with Crippen molar-refractivity contribution in [1.29, 1.82) is 0 Å². The minimum Gasteiger partial charge on any atom is -0.342 e. The smallest absolute Gasteiger partial charge is 0.262 e. The van der Waals surface area contributed by atoms with Crippen LogP contribution in [0.15, 0.2) is 40.3 Å². The van der Waals surface area contributed by atoms with E-state index >= 15 is 0 Å². The second-order valence-corrected chi connectivity index (χ2v) is 10.6. The van der Waals surface area contributed by atoms with Gasteiger partial charge < -0.3 is 4.90 Å². The van der Waals surface area contributed by atoms with Crippen molar-refractivity contribution in [2.75, 3.05) is 18.8 Å². The van der Waals surface area contributed by atoms with Crippen LogP contribution in [0.2, 0.25) is 0 Å². The molecule has 162 valence electrons. The largest absolute Gasteiger partial charge is 0.342 e. The van der Waals surface area contributed by atoms with Crippen LogP contribution in [0, 0.1) is 5.92 Å². The van der Waals surface area contributed by atoms with Crippen LogP contribution in [0.4, 0.5) is 0 Å². The SMILES string of the molecule is Cn1c(SCC(=O)N2CCC(Cc3ccccc3)CC2)nc2sc3c(c2c1=O)CCC3. The molecule has 31 heavy (non-hydrogen) atoms. The predicted molar refractivity (Wildman–Crippen MR) is 127 cm³/mol. The Morgan fingerprint density at radius 3 is 2.74 bits per heavy atom. The number of aryl methyl sites for hydroxylation is 2. The second-order valence-electron chi connectivity index (χ2n) is 8.60. The van der Waals surface area contributed by atoms with Crippen molar-refractivity contribution in [3.8, 4) is 0 Å². The first kappa shape index (κ1) is 20.8. The van der Waals surface area contributed by atoms with Gasteiger partial charge in [0.1, 0.15) is 4.83 Å². The number of thioether (sulfide) groups is 1. The molecule has 2 aromatic heterocycles. The summed E-state index contributed by atoms with van der Waals surface area (Å²) in [5.74, 6) is 1.12. The number of fused-ring (bicyclic) bond motifs is 3. The standard InChI is InChI=1S/C24H27N3O2S2/c1-26-23(29)21-18-8-5-9-19(18)31-22(21)25-24(26)30-15-20(28)27-12-10-17(11-13-27)14-16-6-3-2-4-7-16/h2-4,6-7,17H,5,8-15H2,1H3. The van der Waals surface area contributed by atoms with E-state index in [1.165, 1.54) is 27.8 Å². The molecule has 1 aliphatic carbocycles. The maximum atomic E-state index is 12.9. The number of hydrogen-bond donors (Lipinski definition) is 0. The molecule has 7 heteroatoms. The third-order valence-electron chi connectivity index (χ3n) is 6.56. The average molecular weight is 454 g/mol. The van der Waals surface area contributed by atoms with Crippen LogP contribution in [0.1, 0.15) is 35.3 Å². The minimum atomic E-state index is 0.0288. The highest BCUT2D eigenvalue weighted by Crippen LogP contribution is 2.35. The van der Waals surface area contributed by atoms with Gasteiger partial charge in [-0.15, -0.1) is 11.3 Å². The molecule has 1 amide bonds. The van der Waals surface area contributed by atoms with E-state index in [1.54, 1.807) is 23.0 Å². The number of piperidine rings is 1. The predicted octanol–water partition coefficient (Wildman–Crippen LogP) is 4.06. The fourth-order valence-electron chi connectivity index (χ4n) is 4.79. The summed E-state index contributed by atoms with van der Waals surface area (Å²) in [6, 6.07) is 10.6. The number of hydrogen-bond acceptors (Lipinski definition) is 5. The highest BCUT2D eigenvalue weighted by atomic mass is 32.2. The Kier molecular flexibility index (Phi) is 5.89. The third-order valence-corrected chi connectivity index (χ3v) is 8.76. The van der Waals surface area contributed by atoms with E-state index in [0.717, 1.165) is 61.8 Å². The maximum absolute atomic E-state index is 12.9. The van der Waals surface area contributed by atoms with E-state index in [4.69, 9.17) is 4.98 Å². The molecule has 2 aliphatic rings. The Morgan fingerprint density at radius 1 is 1.19 bits per heavy atom. The number of thiophene rings is 1. The molecule has 0 unspecified atom stereocenters. The first-order valence-corrected chi connectivity index (χ1v) is 12.9. The van der Waals surface area contributed by atoms with Crippen molar-refractivity contribution in [2.45, 2.75) is 43.7 Å². The van der Waals surface area contributed by atoms with Crippen LogP contribution >= 0.6 is 23.1 Å². The third kappa shape index (κ3) is 4.17. The summed E-state index contributed by atoms with van der Waals surface area (Å²) in [6.07, 6.45) is 6.36. The summed E-state index contributed by atoms with van der Waals surface area (Å²) in [5.41, 5.74) is 2.62. The molecule has 0 saturated carbocycles. The van der Waals surface area contributed by atoms with Crippen LogP contribution in [0.5, 0.6) is 0 Å². The first-order chi connectivity index (χ1) is 15.1. The van der Waals surface area contributed by atoms with Gasteiger partial charge in [-0.05, 0) is 55.6 Å².